The van der Waals surface area contributed by atoms with Gasteiger partial charge in [-0.1, -0.05) is 0 Å². The number of nitrogens with zero attached hydrogens (tertiary/aromatic N) is 1. The van der Waals surface area contributed by atoms with Gasteiger partial charge < -0.3 is 14.4 Å². The number of hydrogen-bond acceptors (Lipinski definition) is 3. The zero-order chi connectivity index (χ0) is 12.8. The van der Waals surface area contributed by atoms with Crippen LogP contribution in [-0.2, 0) is 9.31 Å². The number of hydrogen-bond donors (Lipinski definition) is 1. The molecule has 1 saturated heterocycles. The van der Waals surface area contributed by atoms with E-state index in [-0.39, 0.29) is 11.2 Å². The van der Waals surface area contributed by atoms with E-state index in [0.29, 0.717) is 13.0 Å². The molecule has 5 nitrogen and oxygen atoms in total. The second-order valence-corrected chi connectivity index (χ2v) is 5.52. The summed E-state index contributed by atoms with van der Waals surface area (Å²) in [5, 5.41) is 8.88. The molecule has 0 saturated carbocycles. The van der Waals surface area contributed by atoms with Gasteiger partial charge in [0, 0.05) is 12.7 Å². The van der Waals surface area contributed by atoms with E-state index in [1.54, 1.807) is 6.20 Å². The van der Waals surface area contributed by atoms with Gasteiger partial charge in [-0.2, -0.15) is 0 Å². The topological polar surface area (TPSA) is 59.0 Å². The Hall–Kier alpha value is -1.01. The third-order valence-electron chi connectivity index (χ3n) is 3.76. The quantitative estimate of drug-likeness (QED) is 0.710. The monoisotopic (exact) mass is 239 g/mol. The van der Waals surface area contributed by atoms with Crippen molar-refractivity contribution in [2.45, 2.75) is 45.3 Å². The number of amides is 1. The third-order valence-corrected chi connectivity index (χ3v) is 3.76. The molecule has 0 aliphatic carbocycles. The van der Waals surface area contributed by atoms with Gasteiger partial charge in [-0.05, 0) is 39.6 Å². The van der Waals surface area contributed by atoms with Gasteiger partial charge >= 0.3 is 13.2 Å². The highest BCUT2D eigenvalue weighted by atomic mass is 16.7. The van der Waals surface area contributed by atoms with Crippen LogP contribution in [-0.4, -0.2) is 41.0 Å². The normalized spacial score (nSPS) is 26.2. The van der Waals surface area contributed by atoms with Crippen LogP contribution in [0.25, 0.3) is 0 Å². The second-order valence-electron chi connectivity index (χ2n) is 5.52. The van der Waals surface area contributed by atoms with Crippen molar-refractivity contribution in [2.24, 2.45) is 0 Å². The minimum Gasteiger partial charge on any atom is -0.465 e. The minimum absolute atomic E-state index is 0.380. The number of carbonyl (C=O) groups is 1. The van der Waals surface area contributed by atoms with E-state index in [9.17, 15) is 4.79 Å². The molecular weight excluding hydrogens is 221 g/mol. The molecular formula is C11H18BNO4. The van der Waals surface area contributed by atoms with Crippen LogP contribution in [0.5, 0.6) is 0 Å². The first-order valence-electron chi connectivity index (χ1n) is 5.79. The third kappa shape index (κ3) is 2.07. The predicted octanol–water partition coefficient (Wildman–Crippen LogP) is 1.89. The van der Waals surface area contributed by atoms with Crippen molar-refractivity contribution in [3.8, 4) is 0 Å². The van der Waals surface area contributed by atoms with Gasteiger partial charge in [0.15, 0.2) is 0 Å². The summed E-state index contributed by atoms with van der Waals surface area (Å²) in [6.07, 6.45) is 1.35. The zero-order valence-corrected chi connectivity index (χ0v) is 10.7. The van der Waals surface area contributed by atoms with Gasteiger partial charge in [-0.3, -0.25) is 4.90 Å². The molecule has 2 heterocycles. The molecule has 0 unspecified atom stereocenters. The Kier molecular flexibility index (Phi) is 2.74. The molecule has 17 heavy (non-hydrogen) atoms. The first-order chi connectivity index (χ1) is 7.73. The Morgan fingerprint density at radius 2 is 1.88 bits per heavy atom. The van der Waals surface area contributed by atoms with Crippen LogP contribution >= 0.6 is 0 Å². The SMILES string of the molecule is CC1(C)OB(C2=CN(C(=O)O)CC2)OC1(C)C. The van der Waals surface area contributed by atoms with Crippen LogP contribution in [0, 0.1) is 0 Å². The van der Waals surface area contributed by atoms with Gasteiger partial charge in [0.25, 0.3) is 0 Å². The van der Waals surface area contributed by atoms with E-state index in [1.165, 1.54) is 4.90 Å². The van der Waals surface area contributed by atoms with Gasteiger partial charge in [0.05, 0.1) is 11.2 Å². The molecule has 2 aliphatic heterocycles. The largest absolute Gasteiger partial charge is 0.492 e. The first kappa shape index (κ1) is 12.5. The van der Waals surface area contributed by atoms with Gasteiger partial charge in [0.2, 0.25) is 0 Å². The highest BCUT2D eigenvalue weighted by Crippen LogP contribution is 2.39. The van der Waals surface area contributed by atoms with Crippen LogP contribution in [0.1, 0.15) is 34.1 Å². The highest BCUT2D eigenvalue weighted by Gasteiger charge is 2.52. The molecule has 0 aromatic carbocycles. The first-order valence-corrected chi connectivity index (χ1v) is 5.79. The molecule has 2 rings (SSSR count). The fourth-order valence-electron chi connectivity index (χ4n) is 1.90. The van der Waals surface area contributed by atoms with Crippen LogP contribution < -0.4 is 0 Å². The molecule has 94 valence electrons. The molecule has 0 radical (unpaired) electrons. The van der Waals surface area contributed by atoms with Crippen molar-refractivity contribution in [1.82, 2.24) is 4.90 Å². The van der Waals surface area contributed by atoms with Crippen molar-refractivity contribution in [1.29, 1.82) is 0 Å². The average molecular weight is 239 g/mol. The fourth-order valence-corrected chi connectivity index (χ4v) is 1.90. The molecule has 1 amide bonds. The Bertz CT molecular complexity index is 362. The highest BCUT2D eigenvalue weighted by molar-refractivity contribution is 6.54. The molecule has 1 N–H and O–H groups in total. The summed E-state index contributed by atoms with van der Waals surface area (Å²) in [6, 6.07) is 0. The van der Waals surface area contributed by atoms with Crippen molar-refractivity contribution in [3.05, 3.63) is 11.7 Å². The van der Waals surface area contributed by atoms with E-state index in [0.717, 1.165) is 5.47 Å². The van der Waals surface area contributed by atoms with E-state index in [2.05, 4.69) is 0 Å². The van der Waals surface area contributed by atoms with E-state index < -0.39 is 13.2 Å². The summed E-state index contributed by atoms with van der Waals surface area (Å²) in [5.41, 5.74) is 0.135. The molecule has 0 spiro atoms. The van der Waals surface area contributed by atoms with Crippen molar-refractivity contribution in [2.75, 3.05) is 6.54 Å². The smallest absolute Gasteiger partial charge is 0.465 e. The van der Waals surface area contributed by atoms with E-state index >= 15 is 0 Å². The Labute approximate surface area is 102 Å². The Morgan fingerprint density at radius 1 is 1.35 bits per heavy atom. The lowest BCUT2D eigenvalue weighted by atomic mass is 9.78. The maximum Gasteiger partial charge on any atom is 0.492 e. The maximum absolute atomic E-state index is 10.8. The van der Waals surface area contributed by atoms with Gasteiger partial charge in [-0.25, -0.2) is 4.79 Å². The Balaban J connectivity index is 2.12. The lowest BCUT2D eigenvalue weighted by molar-refractivity contribution is 0.00578. The summed E-state index contributed by atoms with van der Waals surface area (Å²) in [6.45, 7) is 8.42. The molecule has 0 aromatic rings. The second kappa shape index (κ2) is 3.75. The van der Waals surface area contributed by atoms with Crippen LogP contribution in [0.15, 0.2) is 11.7 Å². The summed E-state index contributed by atoms with van der Waals surface area (Å²) in [4.78, 5) is 12.1. The van der Waals surface area contributed by atoms with E-state index in [1.807, 2.05) is 27.7 Å². The zero-order valence-electron chi connectivity index (χ0n) is 10.7. The standard InChI is InChI=1S/C11H18BNO4/c1-10(2)11(3,4)17-12(16-10)8-5-6-13(7-8)9(14)15/h7H,5-6H2,1-4H3,(H,14,15). The van der Waals surface area contributed by atoms with Crippen molar-refractivity contribution in [3.63, 3.8) is 0 Å². The Morgan fingerprint density at radius 3 is 2.29 bits per heavy atom. The van der Waals surface area contributed by atoms with Gasteiger partial charge in [-0.15, -0.1) is 0 Å². The van der Waals surface area contributed by atoms with E-state index in [4.69, 9.17) is 14.4 Å². The number of rotatable bonds is 1. The summed E-state index contributed by atoms with van der Waals surface area (Å²) in [5.74, 6) is 0. The molecule has 1 fully saturated rings. The van der Waals surface area contributed by atoms with Crippen LogP contribution in [0.3, 0.4) is 0 Å². The van der Waals surface area contributed by atoms with Crippen molar-refractivity contribution >= 4 is 13.2 Å². The summed E-state index contributed by atoms with van der Waals surface area (Å²) in [7, 11) is -0.427. The lowest BCUT2D eigenvalue weighted by Gasteiger charge is -2.32. The van der Waals surface area contributed by atoms with Crippen LogP contribution in [0.4, 0.5) is 4.79 Å². The lowest BCUT2D eigenvalue weighted by Crippen LogP contribution is -2.41. The minimum atomic E-state index is -0.934. The van der Waals surface area contributed by atoms with Crippen LogP contribution in [0.2, 0.25) is 0 Å². The molecule has 2 aliphatic rings. The molecule has 0 bridgehead atoms. The summed E-state index contributed by atoms with van der Waals surface area (Å²) >= 11 is 0. The predicted molar refractivity (Wildman–Crippen MR) is 63.5 cm³/mol. The number of carboxylic acid groups (broad SMARTS) is 1. The molecule has 6 heteroatoms. The molecule has 0 atom stereocenters. The summed E-state index contributed by atoms with van der Waals surface area (Å²) < 4.78 is 11.7. The fraction of sp³-hybridized carbons (Fsp3) is 0.727. The molecule has 0 aromatic heterocycles. The van der Waals surface area contributed by atoms with Gasteiger partial charge in [0.1, 0.15) is 0 Å². The maximum atomic E-state index is 10.8. The average Bonchev–Trinajstić information content (AvgIpc) is 2.70. The van der Waals surface area contributed by atoms with Crippen molar-refractivity contribution < 1.29 is 19.2 Å².